The molecular formula is C64H48N4S. The first kappa shape index (κ1) is 40.9. The number of thiophene rings is 1. The van der Waals surface area contributed by atoms with Crippen molar-refractivity contribution in [2.75, 3.05) is 0 Å². The molecule has 330 valence electrons. The van der Waals surface area contributed by atoms with Gasteiger partial charge < -0.3 is 18.3 Å². The zero-order chi connectivity index (χ0) is 46.3. The van der Waals surface area contributed by atoms with Crippen LogP contribution in [0.3, 0.4) is 0 Å². The van der Waals surface area contributed by atoms with Crippen molar-refractivity contribution in [1.82, 2.24) is 18.3 Å². The van der Waals surface area contributed by atoms with Crippen LogP contribution in [0.2, 0.25) is 0 Å². The third kappa shape index (κ3) is 5.87. The summed E-state index contributed by atoms with van der Waals surface area (Å²) in [5, 5.41) is 12.8. The molecule has 0 saturated heterocycles. The summed E-state index contributed by atoms with van der Waals surface area (Å²) in [7, 11) is 0. The van der Waals surface area contributed by atoms with Crippen LogP contribution in [-0.2, 0) is 0 Å². The monoisotopic (exact) mass is 904 g/mol. The summed E-state index contributed by atoms with van der Waals surface area (Å²) in [6.45, 7) is 8.00. The Kier molecular flexibility index (Phi) is 9.57. The van der Waals surface area contributed by atoms with Crippen molar-refractivity contribution in [2.45, 2.75) is 27.7 Å². The average molecular weight is 905 g/mol. The van der Waals surface area contributed by atoms with E-state index in [-0.39, 0.29) is 0 Å². The highest BCUT2D eigenvalue weighted by atomic mass is 32.1. The van der Waals surface area contributed by atoms with E-state index in [1.54, 1.807) is 0 Å². The summed E-state index contributed by atoms with van der Waals surface area (Å²) in [6.07, 6.45) is 0. The lowest BCUT2D eigenvalue weighted by Crippen LogP contribution is -1.98. The van der Waals surface area contributed by atoms with Crippen molar-refractivity contribution in [2.24, 2.45) is 0 Å². The van der Waals surface area contributed by atoms with Crippen molar-refractivity contribution in [3.8, 4) is 22.7 Å². The quantitative estimate of drug-likeness (QED) is 0.168. The van der Waals surface area contributed by atoms with Gasteiger partial charge in [-0.15, -0.1) is 11.3 Å². The van der Waals surface area contributed by atoms with Crippen LogP contribution >= 0.6 is 11.3 Å². The lowest BCUT2D eigenvalue weighted by Gasteiger charge is -2.12. The Bertz CT molecular complexity index is 4420. The lowest BCUT2D eigenvalue weighted by molar-refractivity contribution is 1.13. The molecule has 0 fully saturated rings. The molecule has 4 nitrogen and oxygen atoms in total. The Morgan fingerprint density at radius 3 is 1.06 bits per heavy atom. The third-order valence-electron chi connectivity index (χ3n) is 13.9. The summed E-state index contributed by atoms with van der Waals surface area (Å²) in [5.41, 5.74) is 14.3. The first-order valence-corrected chi connectivity index (χ1v) is 25.1. The summed E-state index contributed by atoms with van der Waals surface area (Å²) < 4.78 is 12.4. The summed E-state index contributed by atoms with van der Waals surface area (Å²) in [6, 6.07) is 80.4. The van der Waals surface area contributed by atoms with Crippen molar-refractivity contribution < 1.29 is 0 Å². The highest BCUT2D eigenvalue weighted by Gasteiger charge is 2.23. The fourth-order valence-corrected chi connectivity index (χ4v) is 12.7. The minimum Gasteiger partial charge on any atom is -0.309 e. The number of hydrogen-bond donors (Lipinski definition) is 0. The lowest BCUT2D eigenvalue weighted by atomic mass is 10.1. The van der Waals surface area contributed by atoms with Gasteiger partial charge in [0.05, 0.1) is 44.1 Å². The standard InChI is InChI=1S/C60H36N4S.2C2H6/c1-2-15-37(16-3-1)61-51-26-11-6-21-43(51)48-36-40(29-32-54(48)61)64-53-28-13-8-23-47(53)58-56(64)34-31-45-44-30-33-55-57(59(44)65-60(45)58)46-22-7-12-27-52(46)63(55)39-18-14-17-38(35-39)62-49-24-9-4-19-41(49)42-20-5-10-25-50(42)62;2*1-2/h1-36H;2*1-2H3. The topological polar surface area (TPSA) is 19.7 Å². The molecule has 0 bridgehead atoms. The van der Waals surface area contributed by atoms with Gasteiger partial charge in [0.25, 0.3) is 0 Å². The first-order valence-electron chi connectivity index (χ1n) is 24.3. The van der Waals surface area contributed by atoms with Gasteiger partial charge in [-0.3, -0.25) is 0 Å². The maximum Gasteiger partial charge on any atom is 0.0555 e. The number of fused-ring (bicyclic) bond motifs is 17. The Morgan fingerprint density at radius 2 is 0.565 bits per heavy atom. The molecule has 15 rings (SSSR count). The highest BCUT2D eigenvalue weighted by molar-refractivity contribution is 7.27. The van der Waals surface area contributed by atoms with Gasteiger partial charge in [-0.2, -0.15) is 0 Å². The van der Waals surface area contributed by atoms with E-state index in [4.69, 9.17) is 0 Å². The van der Waals surface area contributed by atoms with Crippen LogP contribution < -0.4 is 0 Å². The molecule has 10 aromatic carbocycles. The van der Waals surface area contributed by atoms with E-state index in [1.165, 1.54) is 113 Å². The number of benzene rings is 10. The third-order valence-corrected chi connectivity index (χ3v) is 15.2. The number of nitrogens with zero attached hydrogens (tertiary/aromatic N) is 4. The first-order chi connectivity index (χ1) is 34.3. The Labute approximate surface area is 403 Å². The van der Waals surface area contributed by atoms with Crippen LogP contribution in [-0.4, -0.2) is 18.3 Å². The number of rotatable bonds is 4. The maximum atomic E-state index is 2.48. The average Bonchev–Trinajstić information content (AvgIpc) is 4.22. The van der Waals surface area contributed by atoms with Crippen LogP contribution in [0, 0.1) is 0 Å². The molecule has 0 amide bonds. The number of hydrogen-bond acceptors (Lipinski definition) is 1. The van der Waals surface area contributed by atoms with E-state index < -0.39 is 0 Å². The van der Waals surface area contributed by atoms with Crippen molar-refractivity contribution in [3.63, 3.8) is 0 Å². The van der Waals surface area contributed by atoms with Crippen LogP contribution in [0.1, 0.15) is 27.7 Å². The Balaban J connectivity index is 0.00000114. The molecule has 0 unspecified atom stereocenters. The van der Waals surface area contributed by atoms with Gasteiger partial charge in [-0.05, 0) is 91.0 Å². The van der Waals surface area contributed by atoms with Crippen molar-refractivity contribution in [3.05, 3.63) is 218 Å². The molecule has 5 heterocycles. The second-order valence-electron chi connectivity index (χ2n) is 17.3. The Hall–Kier alpha value is -8.38. The van der Waals surface area contributed by atoms with Crippen LogP contribution in [0.15, 0.2) is 218 Å². The van der Waals surface area contributed by atoms with E-state index in [0.29, 0.717) is 0 Å². The van der Waals surface area contributed by atoms with Crippen LogP contribution in [0.5, 0.6) is 0 Å². The van der Waals surface area contributed by atoms with E-state index >= 15 is 0 Å². The minimum atomic E-state index is 1.14. The van der Waals surface area contributed by atoms with Gasteiger partial charge >= 0.3 is 0 Å². The number of aromatic nitrogens is 4. The largest absolute Gasteiger partial charge is 0.309 e. The van der Waals surface area contributed by atoms with E-state index in [9.17, 15) is 0 Å². The maximum absolute atomic E-state index is 2.48. The molecular weight excluding hydrogens is 857 g/mol. The molecule has 15 aromatic rings. The van der Waals surface area contributed by atoms with Gasteiger partial charge in [-0.1, -0.05) is 155 Å². The van der Waals surface area contributed by atoms with Gasteiger partial charge in [-0.25, -0.2) is 0 Å². The van der Waals surface area contributed by atoms with Crippen molar-refractivity contribution in [1.29, 1.82) is 0 Å². The van der Waals surface area contributed by atoms with E-state index in [0.717, 1.165) is 17.1 Å². The van der Waals surface area contributed by atoms with Gasteiger partial charge in [0.15, 0.2) is 0 Å². The molecule has 0 N–H and O–H groups in total. The van der Waals surface area contributed by atoms with E-state index in [2.05, 4.69) is 237 Å². The second kappa shape index (κ2) is 16.2. The van der Waals surface area contributed by atoms with Gasteiger partial charge in [0.2, 0.25) is 0 Å². The molecule has 0 saturated carbocycles. The molecule has 5 heteroatoms. The van der Waals surface area contributed by atoms with Crippen LogP contribution in [0.25, 0.3) is 130 Å². The highest BCUT2D eigenvalue weighted by Crippen LogP contribution is 2.48. The fourth-order valence-electron chi connectivity index (χ4n) is 11.3. The Morgan fingerprint density at radius 1 is 0.232 bits per heavy atom. The molecule has 0 atom stereocenters. The molecule has 0 aliphatic rings. The zero-order valence-electron chi connectivity index (χ0n) is 39.0. The summed E-state index contributed by atoms with van der Waals surface area (Å²) in [4.78, 5) is 0. The van der Waals surface area contributed by atoms with Crippen LogP contribution in [0.4, 0.5) is 0 Å². The van der Waals surface area contributed by atoms with Crippen molar-refractivity contribution >= 4 is 119 Å². The molecule has 0 spiro atoms. The predicted octanol–water partition coefficient (Wildman–Crippen LogP) is 18.5. The molecule has 5 aromatic heterocycles. The SMILES string of the molecule is CC.CC.c1ccc(-n2c3ccccc3c3cc(-n4c5ccccc5c5c6sc7c(ccc8c7c7ccccc7n8-c7cccc(-n8c9ccccc9c9ccccc98)c7)c6ccc54)ccc32)cc1. The normalized spacial score (nSPS) is 11.8. The van der Waals surface area contributed by atoms with Gasteiger partial charge in [0, 0.05) is 86.0 Å². The summed E-state index contributed by atoms with van der Waals surface area (Å²) >= 11 is 1.94. The predicted molar refractivity (Wildman–Crippen MR) is 299 cm³/mol. The summed E-state index contributed by atoms with van der Waals surface area (Å²) in [5.74, 6) is 0. The fraction of sp³-hybridized carbons (Fsp3) is 0.0625. The number of para-hydroxylation sites is 6. The smallest absolute Gasteiger partial charge is 0.0555 e. The second-order valence-corrected chi connectivity index (χ2v) is 18.3. The zero-order valence-corrected chi connectivity index (χ0v) is 39.8. The molecule has 0 aliphatic carbocycles. The molecule has 0 aliphatic heterocycles. The molecule has 69 heavy (non-hydrogen) atoms. The van der Waals surface area contributed by atoms with E-state index in [1.807, 2.05) is 39.0 Å². The minimum absolute atomic E-state index is 1.14. The molecule has 0 radical (unpaired) electrons. The van der Waals surface area contributed by atoms with Gasteiger partial charge in [0.1, 0.15) is 0 Å².